The van der Waals surface area contributed by atoms with E-state index in [-0.39, 0.29) is 12.5 Å². The predicted octanol–water partition coefficient (Wildman–Crippen LogP) is 2.60. The molecule has 0 aliphatic rings. The predicted molar refractivity (Wildman–Crippen MR) is 60.9 cm³/mol. The Morgan fingerprint density at radius 2 is 1.93 bits per heavy atom. The van der Waals surface area contributed by atoms with Crippen LogP contribution in [0.3, 0.4) is 0 Å². The minimum Gasteiger partial charge on any atom is -0.481 e. The van der Waals surface area contributed by atoms with Crippen molar-refractivity contribution in [1.82, 2.24) is 0 Å². The zero-order valence-electron chi connectivity index (χ0n) is 9.10. The molecular weight excluding hydrogens is 190 g/mol. The lowest BCUT2D eigenvalue weighted by Gasteiger charge is -2.21. The van der Waals surface area contributed by atoms with Gasteiger partial charge in [0.05, 0.1) is 6.42 Å². The Morgan fingerprint density at radius 3 is 2.40 bits per heavy atom. The maximum absolute atomic E-state index is 10.7. The number of rotatable bonds is 5. The number of hydrogen-bond acceptors (Lipinski definition) is 2. The van der Waals surface area contributed by atoms with E-state index in [1.165, 1.54) is 0 Å². The molecular formula is C12H17NO2. The van der Waals surface area contributed by atoms with Crippen LogP contribution in [-0.2, 0) is 4.79 Å². The molecule has 82 valence electrons. The fraction of sp³-hybridized carbons (Fsp3) is 0.417. The standard InChI is InChI=1S/C12H17NO2/c1-9(2)11(8-12(14)15)13-10-6-4-3-5-7-10/h3-7,9,11,13H,8H2,1-2H3,(H,14,15)/t11-/m0/s1. The molecule has 1 rings (SSSR count). The second-order valence-electron chi connectivity index (χ2n) is 3.96. The van der Waals surface area contributed by atoms with E-state index in [0.717, 1.165) is 5.69 Å². The van der Waals surface area contributed by atoms with Gasteiger partial charge in [-0.05, 0) is 18.1 Å². The van der Waals surface area contributed by atoms with Crippen LogP contribution in [0.4, 0.5) is 5.69 Å². The molecule has 0 aliphatic carbocycles. The van der Waals surface area contributed by atoms with Crippen molar-refractivity contribution in [3.05, 3.63) is 30.3 Å². The molecule has 3 nitrogen and oxygen atoms in total. The summed E-state index contributed by atoms with van der Waals surface area (Å²) in [5.74, 6) is -0.474. The maximum Gasteiger partial charge on any atom is 0.305 e. The van der Waals surface area contributed by atoms with Crippen molar-refractivity contribution in [2.45, 2.75) is 26.3 Å². The Morgan fingerprint density at radius 1 is 1.33 bits per heavy atom. The molecule has 1 atom stereocenters. The van der Waals surface area contributed by atoms with Gasteiger partial charge in [-0.1, -0.05) is 32.0 Å². The van der Waals surface area contributed by atoms with Crippen LogP contribution in [0.25, 0.3) is 0 Å². The molecule has 0 aliphatic heterocycles. The average molecular weight is 207 g/mol. The molecule has 0 aromatic heterocycles. The highest BCUT2D eigenvalue weighted by atomic mass is 16.4. The second kappa shape index (κ2) is 5.39. The largest absolute Gasteiger partial charge is 0.481 e. The number of aliphatic carboxylic acids is 1. The van der Waals surface area contributed by atoms with Crippen LogP contribution in [0.5, 0.6) is 0 Å². The van der Waals surface area contributed by atoms with Gasteiger partial charge in [-0.25, -0.2) is 0 Å². The van der Waals surface area contributed by atoms with Crippen molar-refractivity contribution in [3.8, 4) is 0 Å². The molecule has 0 radical (unpaired) electrons. The SMILES string of the molecule is CC(C)[C@H](CC(=O)O)Nc1ccccc1. The van der Waals surface area contributed by atoms with Crippen molar-refractivity contribution >= 4 is 11.7 Å². The first-order valence-electron chi connectivity index (χ1n) is 5.13. The van der Waals surface area contributed by atoms with E-state index in [1.54, 1.807) is 0 Å². The molecule has 0 saturated heterocycles. The van der Waals surface area contributed by atoms with E-state index in [1.807, 2.05) is 44.2 Å². The number of anilines is 1. The maximum atomic E-state index is 10.7. The van der Waals surface area contributed by atoms with Crippen LogP contribution in [-0.4, -0.2) is 17.1 Å². The van der Waals surface area contributed by atoms with E-state index >= 15 is 0 Å². The van der Waals surface area contributed by atoms with Crippen LogP contribution in [0, 0.1) is 5.92 Å². The molecule has 0 fully saturated rings. The summed E-state index contributed by atoms with van der Waals surface area (Å²) in [5, 5.41) is 12.0. The Labute approximate surface area is 90.1 Å². The Hall–Kier alpha value is -1.51. The fourth-order valence-corrected chi connectivity index (χ4v) is 1.39. The summed E-state index contributed by atoms with van der Waals surface area (Å²) < 4.78 is 0. The highest BCUT2D eigenvalue weighted by Crippen LogP contribution is 2.14. The molecule has 1 aromatic carbocycles. The van der Waals surface area contributed by atoms with Gasteiger partial charge < -0.3 is 10.4 Å². The first-order chi connectivity index (χ1) is 7.09. The van der Waals surface area contributed by atoms with Gasteiger partial charge >= 0.3 is 5.97 Å². The molecule has 0 heterocycles. The van der Waals surface area contributed by atoms with Crippen molar-refractivity contribution in [1.29, 1.82) is 0 Å². The summed E-state index contributed by atoms with van der Waals surface area (Å²) in [6, 6.07) is 9.66. The average Bonchev–Trinajstić information content (AvgIpc) is 2.17. The summed E-state index contributed by atoms with van der Waals surface area (Å²) in [6.07, 6.45) is 0.145. The topological polar surface area (TPSA) is 49.3 Å². The zero-order chi connectivity index (χ0) is 11.3. The number of para-hydroxylation sites is 1. The van der Waals surface area contributed by atoms with Gasteiger partial charge in [0.15, 0.2) is 0 Å². The van der Waals surface area contributed by atoms with Gasteiger partial charge in [0.1, 0.15) is 0 Å². The summed E-state index contributed by atoms with van der Waals surface area (Å²) in [6.45, 7) is 4.03. The third-order valence-electron chi connectivity index (χ3n) is 2.33. The Bertz CT molecular complexity index is 309. The summed E-state index contributed by atoms with van der Waals surface area (Å²) >= 11 is 0. The molecule has 2 N–H and O–H groups in total. The lowest BCUT2D eigenvalue weighted by atomic mass is 10.0. The third-order valence-corrected chi connectivity index (χ3v) is 2.33. The van der Waals surface area contributed by atoms with E-state index in [9.17, 15) is 4.79 Å². The molecule has 0 unspecified atom stereocenters. The number of carbonyl (C=O) groups is 1. The monoisotopic (exact) mass is 207 g/mol. The first-order valence-corrected chi connectivity index (χ1v) is 5.13. The highest BCUT2D eigenvalue weighted by Gasteiger charge is 2.16. The normalized spacial score (nSPS) is 12.5. The number of hydrogen-bond donors (Lipinski definition) is 2. The van der Waals surface area contributed by atoms with Crippen LogP contribution < -0.4 is 5.32 Å². The van der Waals surface area contributed by atoms with Gasteiger partial charge in [0.2, 0.25) is 0 Å². The van der Waals surface area contributed by atoms with Crippen LogP contribution >= 0.6 is 0 Å². The first kappa shape index (κ1) is 11.6. The van der Waals surface area contributed by atoms with E-state index in [4.69, 9.17) is 5.11 Å². The quantitative estimate of drug-likeness (QED) is 0.780. The molecule has 0 spiro atoms. The Kier molecular flexibility index (Phi) is 4.16. The van der Waals surface area contributed by atoms with Crippen LogP contribution in [0.15, 0.2) is 30.3 Å². The van der Waals surface area contributed by atoms with Gasteiger partial charge in [-0.15, -0.1) is 0 Å². The number of carboxylic acid groups (broad SMARTS) is 1. The molecule has 0 amide bonds. The molecule has 0 bridgehead atoms. The van der Waals surface area contributed by atoms with Crippen molar-refractivity contribution in [2.75, 3.05) is 5.32 Å². The zero-order valence-corrected chi connectivity index (χ0v) is 9.10. The van der Waals surface area contributed by atoms with Crippen LogP contribution in [0.2, 0.25) is 0 Å². The molecule has 0 saturated carbocycles. The van der Waals surface area contributed by atoms with Crippen LogP contribution in [0.1, 0.15) is 20.3 Å². The van der Waals surface area contributed by atoms with Crippen molar-refractivity contribution in [2.24, 2.45) is 5.92 Å². The summed E-state index contributed by atoms with van der Waals surface area (Å²) in [5.41, 5.74) is 0.970. The van der Waals surface area contributed by atoms with E-state index in [0.29, 0.717) is 5.92 Å². The van der Waals surface area contributed by atoms with Crippen molar-refractivity contribution < 1.29 is 9.90 Å². The Balaban J connectivity index is 2.63. The summed E-state index contributed by atoms with van der Waals surface area (Å²) in [4.78, 5) is 10.7. The number of benzene rings is 1. The minimum atomic E-state index is -0.767. The molecule has 3 heteroatoms. The minimum absolute atomic E-state index is 0.0232. The lowest BCUT2D eigenvalue weighted by Crippen LogP contribution is -2.28. The van der Waals surface area contributed by atoms with Gasteiger partial charge in [0, 0.05) is 11.7 Å². The smallest absolute Gasteiger partial charge is 0.305 e. The van der Waals surface area contributed by atoms with E-state index < -0.39 is 5.97 Å². The summed E-state index contributed by atoms with van der Waals surface area (Å²) in [7, 11) is 0. The van der Waals surface area contributed by atoms with Gasteiger partial charge in [-0.3, -0.25) is 4.79 Å². The fourth-order valence-electron chi connectivity index (χ4n) is 1.39. The van der Waals surface area contributed by atoms with Gasteiger partial charge in [-0.2, -0.15) is 0 Å². The number of carboxylic acids is 1. The van der Waals surface area contributed by atoms with Gasteiger partial charge in [0.25, 0.3) is 0 Å². The van der Waals surface area contributed by atoms with Crippen molar-refractivity contribution in [3.63, 3.8) is 0 Å². The number of nitrogens with one attached hydrogen (secondary N) is 1. The highest BCUT2D eigenvalue weighted by molar-refractivity contribution is 5.68. The van der Waals surface area contributed by atoms with E-state index in [2.05, 4.69) is 5.32 Å². The second-order valence-corrected chi connectivity index (χ2v) is 3.96. The lowest BCUT2D eigenvalue weighted by molar-refractivity contribution is -0.137. The molecule has 15 heavy (non-hydrogen) atoms. The third kappa shape index (κ3) is 4.02. The molecule has 1 aromatic rings.